The molecule has 1 aliphatic heterocycles. The summed E-state index contributed by atoms with van der Waals surface area (Å²) in [5.74, 6) is 2.42. The largest absolute Gasteiger partial charge is 1.00 e. The van der Waals surface area contributed by atoms with Crippen molar-refractivity contribution >= 4 is 16.5 Å². The molecule has 6 heteroatoms. The minimum absolute atomic E-state index is 0. The van der Waals surface area contributed by atoms with Crippen molar-refractivity contribution in [3.63, 3.8) is 0 Å². The van der Waals surface area contributed by atoms with Gasteiger partial charge in [-0.05, 0) is 35.6 Å². The summed E-state index contributed by atoms with van der Waals surface area (Å²) < 4.78 is 19.0. The molecule has 3 aromatic rings. The first-order chi connectivity index (χ1) is 13.7. The van der Waals surface area contributed by atoms with E-state index in [4.69, 9.17) is 14.2 Å². The number of benzene rings is 2. The van der Waals surface area contributed by atoms with Crippen LogP contribution in [-0.4, -0.2) is 27.9 Å². The van der Waals surface area contributed by atoms with Crippen LogP contribution in [0.3, 0.4) is 0 Å². The predicted molar refractivity (Wildman–Crippen MR) is 112 cm³/mol. The molecule has 154 valence electrons. The Labute approximate surface area is 178 Å². The number of anilines is 1. The van der Waals surface area contributed by atoms with Gasteiger partial charge in [-0.15, -0.1) is 0 Å². The van der Waals surface area contributed by atoms with Crippen LogP contribution in [0, 0.1) is 0 Å². The number of halogens is 1. The van der Waals surface area contributed by atoms with Gasteiger partial charge in [0.05, 0.1) is 38.0 Å². The van der Waals surface area contributed by atoms with E-state index in [1.165, 1.54) is 27.6 Å². The van der Waals surface area contributed by atoms with Gasteiger partial charge in [0, 0.05) is 19.0 Å². The lowest BCUT2D eigenvalue weighted by Gasteiger charge is -2.19. The Morgan fingerprint density at radius 1 is 0.966 bits per heavy atom. The molecule has 4 rings (SSSR count). The van der Waals surface area contributed by atoms with E-state index in [9.17, 15) is 0 Å². The maximum Gasteiger partial charge on any atom is 0.213 e. The molecule has 0 unspecified atom stereocenters. The number of ether oxygens (including phenoxy) is 3. The molecule has 0 bridgehead atoms. The molecule has 1 N–H and O–H groups in total. The van der Waals surface area contributed by atoms with E-state index in [0.29, 0.717) is 0 Å². The van der Waals surface area contributed by atoms with Crippen LogP contribution in [0.2, 0.25) is 0 Å². The Bertz CT molecular complexity index is 1040. The third kappa shape index (κ3) is 3.67. The zero-order chi connectivity index (χ0) is 19.7. The molecule has 0 saturated heterocycles. The van der Waals surface area contributed by atoms with Gasteiger partial charge in [-0.1, -0.05) is 13.0 Å². The molecule has 0 saturated carbocycles. The first-order valence-corrected chi connectivity index (χ1v) is 9.73. The van der Waals surface area contributed by atoms with E-state index in [1.54, 1.807) is 21.3 Å². The molecule has 0 aliphatic carbocycles. The second-order valence-electron chi connectivity index (χ2n) is 7.04. The van der Waals surface area contributed by atoms with Gasteiger partial charge in [0.2, 0.25) is 5.69 Å². The number of hydrogen-bond acceptors (Lipinski definition) is 4. The Morgan fingerprint density at radius 2 is 1.69 bits per heavy atom. The third-order valence-corrected chi connectivity index (χ3v) is 5.41. The highest BCUT2D eigenvalue weighted by atomic mass is 35.5. The summed E-state index contributed by atoms with van der Waals surface area (Å²) >= 11 is 0. The van der Waals surface area contributed by atoms with Crippen molar-refractivity contribution in [2.45, 2.75) is 26.3 Å². The highest BCUT2D eigenvalue weighted by molar-refractivity contribution is 5.97. The van der Waals surface area contributed by atoms with E-state index in [1.807, 2.05) is 6.07 Å². The normalized spacial score (nSPS) is 11.9. The van der Waals surface area contributed by atoms with Crippen LogP contribution in [0.25, 0.3) is 22.0 Å². The molecule has 1 aliphatic rings. The average Bonchev–Trinajstić information content (AvgIpc) is 2.74. The SMILES string of the molecule is CCCNc1c(OC)ccc2cc3[n+](cc12)CCc1cc(OC)c(OC)cc1-3.[Cl-]. The van der Waals surface area contributed by atoms with Crippen LogP contribution in [0.15, 0.2) is 36.5 Å². The van der Waals surface area contributed by atoms with E-state index < -0.39 is 0 Å². The molecule has 0 spiro atoms. The molecular weight excluding hydrogens is 388 g/mol. The van der Waals surface area contributed by atoms with Crippen molar-refractivity contribution in [1.29, 1.82) is 0 Å². The summed E-state index contributed by atoms with van der Waals surface area (Å²) in [5, 5.41) is 5.91. The van der Waals surface area contributed by atoms with Crippen molar-refractivity contribution in [3.05, 3.63) is 42.1 Å². The molecule has 2 heterocycles. The topological polar surface area (TPSA) is 43.6 Å². The minimum Gasteiger partial charge on any atom is -1.00 e. The summed E-state index contributed by atoms with van der Waals surface area (Å²) in [7, 11) is 5.08. The Hall–Kier alpha value is -2.66. The Morgan fingerprint density at radius 3 is 2.38 bits per heavy atom. The second kappa shape index (κ2) is 8.78. The fraction of sp³-hybridized carbons (Fsp3) is 0.348. The number of nitrogens with one attached hydrogen (secondary N) is 1. The van der Waals surface area contributed by atoms with Gasteiger partial charge in [-0.25, -0.2) is 0 Å². The lowest BCUT2D eigenvalue weighted by atomic mass is 9.95. The first kappa shape index (κ1) is 21.1. The number of pyridine rings is 1. The van der Waals surface area contributed by atoms with Gasteiger partial charge < -0.3 is 31.9 Å². The van der Waals surface area contributed by atoms with E-state index in [-0.39, 0.29) is 12.4 Å². The van der Waals surface area contributed by atoms with Crippen LogP contribution in [0.5, 0.6) is 17.2 Å². The lowest BCUT2D eigenvalue weighted by Crippen LogP contribution is -3.00. The van der Waals surface area contributed by atoms with Crippen LogP contribution in [0.4, 0.5) is 5.69 Å². The van der Waals surface area contributed by atoms with Gasteiger partial charge in [0.1, 0.15) is 5.75 Å². The van der Waals surface area contributed by atoms with Crippen molar-refractivity contribution in [2.75, 3.05) is 33.2 Å². The monoisotopic (exact) mass is 414 g/mol. The van der Waals surface area contributed by atoms with Crippen molar-refractivity contribution in [2.24, 2.45) is 0 Å². The zero-order valence-electron chi connectivity index (χ0n) is 17.3. The molecule has 1 aromatic heterocycles. The van der Waals surface area contributed by atoms with Crippen LogP contribution in [-0.2, 0) is 13.0 Å². The maximum absolute atomic E-state index is 5.60. The number of nitrogens with zero attached hydrogens (tertiary/aromatic N) is 1. The Balaban J connectivity index is 0.00000240. The van der Waals surface area contributed by atoms with Crippen LogP contribution < -0.4 is 36.5 Å². The predicted octanol–water partition coefficient (Wildman–Crippen LogP) is 1.20. The number of aryl methyl sites for hydroxylation is 2. The molecular formula is C23H27ClN2O3. The van der Waals surface area contributed by atoms with Gasteiger partial charge in [0.25, 0.3) is 0 Å². The summed E-state index contributed by atoms with van der Waals surface area (Å²) in [4.78, 5) is 0. The highest BCUT2D eigenvalue weighted by Gasteiger charge is 2.26. The Kier molecular flexibility index (Phi) is 6.38. The molecule has 5 nitrogen and oxygen atoms in total. The molecule has 29 heavy (non-hydrogen) atoms. The molecule has 0 amide bonds. The zero-order valence-corrected chi connectivity index (χ0v) is 18.1. The molecule has 0 fully saturated rings. The number of aromatic nitrogens is 1. The highest BCUT2D eigenvalue weighted by Crippen LogP contribution is 2.39. The molecule has 0 radical (unpaired) electrons. The smallest absolute Gasteiger partial charge is 0.213 e. The van der Waals surface area contributed by atoms with E-state index in [2.05, 4.69) is 47.3 Å². The number of rotatable bonds is 6. The molecule has 0 atom stereocenters. The summed E-state index contributed by atoms with van der Waals surface area (Å²) in [6, 6.07) is 10.6. The summed E-state index contributed by atoms with van der Waals surface area (Å²) in [5.41, 5.74) is 4.75. The van der Waals surface area contributed by atoms with Crippen molar-refractivity contribution < 1.29 is 31.2 Å². The van der Waals surface area contributed by atoms with Crippen LogP contribution in [0.1, 0.15) is 18.9 Å². The summed E-state index contributed by atoms with van der Waals surface area (Å²) in [6.45, 7) is 4.01. The minimum atomic E-state index is 0. The molecule has 2 aromatic carbocycles. The van der Waals surface area contributed by atoms with E-state index in [0.717, 1.165) is 48.9 Å². The van der Waals surface area contributed by atoms with Gasteiger partial charge in [-0.2, -0.15) is 4.57 Å². The number of methoxy groups -OCH3 is 3. The average molecular weight is 415 g/mol. The standard InChI is InChI=1S/C23H26N2O3.ClH/c1-5-9-24-23-18-14-25-10-8-16-12-21(27-3)22(28-4)13-17(16)19(25)11-15(18)6-7-20(23)26-2;/h6-7,11-14H,5,8-10H2,1-4H3;1H. The maximum atomic E-state index is 5.60. The van der Waals surface area contributed by atoms with Crippen molar-refractivity contribution in [1.82, 2.24) is 0 Å². The fourth-order valence-corrected chi connectivity index (χ4v) is 3.96. The summed E-state index contributed by atoms with van der Waals surface area (Å²) in [6.07, 6.45) is 4.26. The van der Waals surface area contributed by atoms with Gasteiger partial charge >= 0.3 is 0 Å². The lowest BCUT2D eigenvalue weighted by molar-refractivity contribution is -0.686. The van der Waals surface area contributed by atoms with Gasteiger partial charge in [0.15, 0.2) is 24.2 Å². The van der Waals surface area contributed by atoms with Crippen molar-refractivity contribution in [3.8, 4) is 28.5 Å². The van der Waals surface area contributed by atoms with Crippen LogP contribution >= 0.6 is 0 Å². The van der Waals surface area contributed by atoms with E-state index >= 15 is 0 Å². The third-order valence-electron chi connectivity index (χ3n) is 5.41. The van der Waals surface area contributed by atoms with Gasteiger partial charge in [-0.3, -0.25) is 0 Å². The second-order valence-corrected chi connectivity index (χ2v) is 7.04. The fourth-order valence-electron chi connectivity index (χ4n) is 3.96. The quantitative estimate of drug-likeness (QED) is 0.616. The number of fused-ring (bicyclic) bond motifs is 4. The number of hydrogen-bond donors (Lipinski definition) is 1. The first-order valence-electron chi connectivity index (χ1n) is 9.73.